The lowest BCUT2D eigenvalue weighted by Crippen LogP contribution is -2.31. The van der Waals surface area contributed by atoms with Crippen molar-refractivity contribution in [3.05, 3.63) is 0 Å². The number of rotatable bonds is 6. The maximum absolute atomic E-state index is 3.42. The Hall–Kier alpha value is -0.0800. The predicted octanol–water partition coefficient (Wildman–Crippen LogP) is 0.984. The average Bonchev–Trinajstić information content (AvgIpc) is 1.89. The van der Waals surface area contributed by atoms with Gasteiger partial charge in [0.15, 0.2) is 0 Å². The van der Waals surface area contributed by atoms with Gasteiger partial charge in [0.1, 0.15) is 0 Å². The van der Waals surface area contributed by atoms with E-state index in [1.165, 1.54) is 12.8 Å². The van der Waals surface area contributed by atoms with Crippen LogP contribution in [0.4, 0.5) is 0 Å². The third kappa shape index (κ3) is 6.05. The van der Waals surface area contributed by atoms with Crippen LogP contribution in [0.2, 0.25) is 0 Å². The SMILES string of the molecule is CCCC(C)NCCNC. The highest BCUT2D eigenvalue weighted by Gasteiger charge is 1.96. The van der Waals surface area contributed by atoms with Crippen molar-refractivity contribution in [2.45, 2.75) is 32.7 Å². The van der Waals surface area contributed by atoms with Gasteiger partial charge in [0, 0.05) is 19.1 Å². The molecule has 1 atom stereocenters. The van der Waals surface area contributed by atoms with Gasteiger partial charge in [0.05, 0.1) is 0 Å². The van der Waals surface area contributed by atoms with E-state index in [1.54, 1.807) is 0 Å². The lowest BCUT2D eigenvalue weighted by molar-refractivity contribution is 0.505. The molecule has 62 valence electrons. The maximum atomic E-state index is 3.42. The highest BCUT2D eigenvalue weighted by molar-refractivity contribution is 4.59. The topological polar surface area (TPSA) is 24.1 Å². The third-order valence-corrected chi connectivity index (χ3v) is 1.59. The van der Waals surface area contributed by atoms with Gasteiger partial charge < -0.3 is 10.6 Å². The predicted molar refractivity (Wildman–Crippen MR) is 46.3 cm³/mol. The maximum Gasteiger partial charge on any atom is 0.00790 e. The fourth-order valence-corrected chi connectivity index (χ4v) is 0.979. The van der Waals surface area contributed by atoms with Crippen molar-refractivity contribution in [3.63, 3.8) is 0 Å². The Morgan fingerprint density at radius 3 is 2.50 bits per heavy atom. The van der Waals surface area contributed by atoms with Gasteiger partial charge in [0.2, 0.25) is 0 Å². The van der Waals surface area contributed by atoms with E-state index in [9.17, 15) is 0 Å². The summed E-state index contributed by atoms with van der Waals surface area (Å²) in [4.78, 5) is 0. The molecule has 0 saturated heterocycles. The highest BCUT2D eigenvalue weighted by Crippen LogP contribution is 1.92. The molecule has 0 spiro atoms. The van der Waals surface area contributed by atoms with Gasteiger partial charge in [-0.3, -0.25) is 0 Å². The molecule has 0 aliphatic carbocycles. The minimum absolute atomic E-state index is 0.679. The Kier molecular flexibility index (Phi) is 6.98. The summed E-state index contributed by atoms with van der Waals surface area (Å²) < 4.78 is 0. The Balaban J connectivity index is 2.97. The number of nitrogens with one attached hydrogen (secondary N) is 2. The molecule has 0 bridgehead atoms. The zero-order valence-electron chi connectivity index (χ0n) is 7.41. The van der Waals surface area contributed by atoms with Crippen LogP contribution < -0.4 is 10.6 Å². The van der Waals surface area contributed by atoms with Crippen molar-refractivity contribution in [1.82, 2.24) is 10.6 Å². The first-order valence-electron chi connectivity index (χ1n) is 4.19. The van der Waals surface area contributed by atoms with Crippen LogP contribution in [0.5, 0.6) is 0 Å². The zero-order valence-corrected chi connectivity index (χ0v) is 7.41. The van der Waals surface area contributed by atoms with E-state index in [1.807, 2.05) is 7.05 Å². The summed E-state index contributed by atoms with van der Waals surface area (Å²) in [6, 6.07) is 0.679. The Bertz CT molecular complexity index is 64.3. The first-order valence-corrected chi connectivity index (χ1v) is 4.19. The molecule has 2 nitrogen and oxygen atoms in total. The first kappa shape index (κ1) is 9.92. The molecular formula is C8H20N2. The lowest BCUT2D eigenvalue weighted by atomic mass is 10.2. The molecule has 0 radical (unpaired) electrons. The summed E-state index contributed by atoms with van der Waals surface area (Å²) in [7, 11) is 1.98. The molecule has 0 rings (SSSR count). The van der Waals surface area contributed by atoms with E-state index in [4.69, 9.17) is 0 Å². The monoisotopic (exact) mass is 144 g/mol. The summed E-state index contributed by atoms with van der Waals surface area (Å²) in [6.07, 6.45) is 2.55. The molecule has 0 saturated carbocycles. The molecule has 0 aromatic heterocycles. The van der Waals surface area contributed by atoms with E-state index in [0.29, 0.717) is 6.04 Å². The molecule has 0 heterocycles. The van der Waals surface area contributed by atoms with Crippen LogP contribution in [0.3, 0.4) is 0 Å². The second-order valence-corrected chi connectivity index (χ2v) is 2.75. The van der Waals surface area contributed by atoms with Gasteiger partial charge in [0.25, 0.3) is 0 Å². The minimum Gasteiger partial charge on any atom is -0.318 e. The molecule has 2 N–H and O–H groups in total. The summed E-state index contributed by atoms with van der Waals surface area (Å²) in [5.74, 6) is 0. The molecule has 2 heteroatoms. The molecular weight excluding hydrogens is 124 g/mol. The Labute approximate surface area is 64.4 Å². The quantitative estimate of drug-likeness (QED) is 0.543. The van der Waals surface area contributed by atoms with Crippen molar-refractivity contribution < 1.29 is 0 Å². The first-order chi connectivity index (χ1) is 4.81. The third-order valence-electron chi connectivity index (χ3n) is 1.59. The molecule has 0 aliphatic rings. The molecule has 0 aromatic rings. The van der Waals surface area contributed by atoms with Crippen molar-refractivity contribution in [1.29, 1.82) is 0 Å². The number of hydrogen-bond acceptors (Lipinski definition) is 2. The molecule has 0 aromatic carbocycles. The van der Waals surface area contributed by atoms with E-state index < -0.39 is 0 Å². The Morgan fingerprint density at radius 1 is 1.30 bits per heavy atom. The number of hydrogen-bond donors (Lipinski definition) is 2. The normalized spacial score (nSPS) is 13.5. The van der Waals surface area contributed by atoms with Crippen molar-refractivity contribution in [2.75, 3.05) is 20.1 Å². The molecule has 0 aliphatic heterocycles. The van der Waals surface area contributed by atoms with Crippen LogP contribution in [0.1, 0.15) is 26.7 Å². The second kappa shape index (κ2) is 7.03. The van der Waals surface area contributed by atoms with E-state index in [2.05, 4.69) is 24.5 Å². The van der Waals surface area contributed by atoms with Gasteiger partial charge in [-0.1, -0.05) is 13.3 Å². The largest absolute Gasteiger partial charge is 0.318 e. The van der Waals surface area contributed by atoms with Crippen molar-refractivity contribution in [2.24, 2.45) is 0 Å². The number of likely N-dealkylation sites (N-methyl/N-ethyl adjacent to an activating group) is 1. The Morgan fingerprint density at radius 2 is 2.00 bits per heavy atom. The summed E-state index contributed by atoms with van der Waals surface area (Å²) in [5.41, 5.74) is 0. The standard InChI is InChI=1S/C8H20N2/c1-4-5-8(2)10-7-6-9-3/h8-10H,4-7H2,1-3H3. The van der Waals surface area contributed by atoms with Gasteiger partial charge in [-0.2, -0.15) is 0 Å². The molecule has 1 unspecified atom stereocenters. The van der Waals surface area contributed by atoms with E-state index >= 15 is 0 Å². The smallest absolute Gasteiger partial charge is 0.00790 e. The van der Waals surface area contributed by atoms with E-state index in [0.717, 1.165) is 13.1 Å². The van der Waals surface area contributed by atoms with Crippen LogP contribution in [0.15, 0.2) is 0 Å². The molecule has 10 heavy (non-hydrogen) atoms. The summed E-state index contributed by atoms with van der Waals surface area (Å²) in [5, 5.41) is 6.52. The van der Waals surface area contributed by atoms with Gasteiger partial charge in [-0.05, 0) is 20.4 Å². The second-order valence-electron chi connectivity index (χ2n) is 2.75. The highest BCUT2D eigenvalue weighted by atomic mass is 14.9. The lowest BCUT2D eigenvalue weighted by Gasteiger charge is -2.11. The summed E-state index contributed by atoms with van der Waals surface area (Å²) >= 11 is 0. The molecule has 0 fully saturated rings. The fourth-order valence-electron chi connectivity index (χ4n) is 0.979. The van der Waals surface area contributed by atoms with Crippen molar-refractivity contribution in [3.8, 4) is 0 Å². The van der Waals surface area contributed by atoms with Crippen LogP contribution in [-0.2, 0) is 0 Å². The van der Waals surface area contributed by atoms with E-state index in [-0.39, 0.29) is 0 Å². The van der Waals surface area contributed by atoms with Gasteiger partial charge >= 0.3 is 0 Å². The molecule has 0 amide bonds. The van der Waals surface area contributed by atoms with Crippen LogP contribution >= 0.6 is 0 Å². The van der Waals surface area contributed by atoms with Gasteiger partial charge in [-0.15, -0.1) is 0 Å². The van der Waals surface area contributed by atoms with Crippen molar-refractivity contribution >= 4 is 0 Å². The van der Waals surface area contributed by atoms with Crippen LogP contribution in [-0.4, -0.2) is 26.2 Å². The van der Waals surface area contributed by atoms with Crippen LogP contribution in [0.25, 0.3) is 0 Å². The summed E-state index contributed by atoms with van der Waals surface area (Å²) in [6.45, 7) is 6.60. The zero-order chi connectivity index (χ0) is 7.82. The fraction of sp³-hybridized carbons (Fsp3) is 1.00. The van der Waals surface area contributed by atoms with Crippen LogP contribution in [0, 0.1) is 0 Å². The van der Waals surface area contributed by atoms with Gasteiger partial charge in [-0.25, -0.2) is 0 Å². The minimum atomic E-state index is 0.679. The average molecular weight is 144 g/mol.